The summed E-state index contributed by atoms with van der Waals surface area (Å²) in [6.07, 6.45) is 0. The molecule has 31 heavy (non-hydrogen) atoms. The third kappa shape index (κ3) is 6.20. The lowest BCUT2D eigenvalue weighted by molar-refractivity contribution is 0.113. The van der Waals surface area contributed by atoms with Gasteiger partial charge >= 0.3 is 0 Å². The van der Waals surface area contributed by atoms with Gasteiger partial charge in [0.05, 0.1) is 11.5 Å². The Kier molecular flexibility index (Phi) is 7.94. The number of likely N-dealkylation sites (N-methyl/N-ethyl adjacent to an activating group) is 1. The third-order valence-electron chi connectivity index (χ3n) is 5.68. The zero-order chi connectivity index (χ0) is 22.4. The van der Waals surface area contributed by atoms with Crippen LogP contribution in [0.15, 0.2) is 53.4 Å². The Morgan fingerprint density at radius 1 is 1.00 bits per heavy atom. The minimum Gasteiger partial charge on any atom is -0.494 e. The van der Waals surface area contributed by atoms with E-state index in [0.29, 0.717) is 18.9 Å². The van der Waals surface area contributed by atoms with E-state index in [1.165, 1.54) is 0 Å². The number of hydrogen-bond acceptors (Lipinski definition) is 6. The van der Waals surface area contributed by atoms with Crippen LogP contribution in [0.4, 0.5) is 5.69 Å². The molecule has 2 aromatic carbocycles. The number of piperazine rings is 1. The van der Waals surface area contributed by atoms with Crippen LogP contribution in [0.2, 0.25) is 0 Å². The number of sulfonamides is 1. The van der Waals surface area contributed by atoms with Gasteiger partial charge in [-0.3, -0.25) is 4.90 Å². The number of nitrogens with zero attached hydrogens (tertiary/aromatic N) is 3. The number of benzene rings is 2. The first-order chi connectivity index (χ1) is 14.8. The molecule has 0 aliphatic carbocycles. The van der Waals surface area contributed by atoms with E-state index in [0.717, 1.165) is 37.4 Å². The second-order valence-corrected chi connectivity index (χ2v) is 9.86. The normalized spacial score (nSPS) is 16.8. The summed E-state index contributed by atoms with van der Waals surface area (Å²) in [5.41, 5.74) is 2.24. The van der Waals surface area contributed by atoms with Crippen LogP contribution in [0.25, 0.3) is 0 Å². The molecule has 2 aromatic rings. The predicted molar refractivity (Wildman–Crippen MR) is 125 cm³/mol. The van der Waals surface area contributed by atoms with Gasteiger partial charge in [-0.2, -0.15) is 0 Å². The molecular formula is C23H34N4O3S. The van der Waals surface area contributed by atoms with E-state index >= 15 is 0 Å². The Morgan fingerprint density at radius 2 is 1.61 bits per heavy atom. The molecule has 1 atom stereocenters. The highest BCUT2D eigenvalue weighted by molar-refractivity contribution is 7.89. The summed E-state index contributed by atoms with van der Waals surface area (Å²) in [6, 6.07) is 14.9. The monoisotopic (exact) mass is 446 g/mol. The van der Waals surface area contributed by atoms with E-state index in [1.807, 2.05) is 21.0 Å². The molecule has 0 radical (unpaired) electrons. The zero-order valence-electron chi connectivity index (χ0n) is 18.9. The first-order valence-electron chi connectivity index (χ1n) is 10.7. The molecule has 1 heterocycles. The Hall–Kier alpha value is -2.13. The van der Waals surface area contributed by atoms with Crippen molar-refractivity contribution in [3.8, 4) is 5.75 Å². The Labute approximate surface area is 186 Å². The quantitative estimate of drug-likeness (QED) is 0.638. The molecule has 7 nitrogen and oxygen atoms in total. The molecule has 3 rings (SSSR count). The second kappa shape index (κ2) is 10.5. The maximum absolute atomic E-state index is 12.9. The lowest BCUT2D eigenvalue weighted by Crippen LogP contribution is -2.48. The first kappa shape index (κ1) is 23.5. The topological polar surface area (TPSA) is 65.1 Å². The molecule has 1 fully saturated rings. The SMILES string of the molecule is CCOc1ccc(S(=O)(=O)NC[C@H](c2ccc(N(C)C)cc2)N2CCN(C)CC2)cc1. The number of nitrogens with one attached hydrogen (secondary N) is 1. The number of rotatable bonds is 9. The van der Waals surface area contributed by atoms with Gasteiger partial charge in [0.25, 0.3) is 0 Å². The summed E-state index contributed by atoms with van der Waals surface area (Å²) in [6.45, 7) is 6.51. The Morgan fingerprint density at radius 3 is 2.16 bits per heavy atom. The molecule has 1 N–H and O–H groups in total. The average molecular weight is 447 g/mol. The van der Waals surface area contributed by atoms with E-state index in [4.69, 9.17) is 4.74 Å². The molecular weight excluding hydrogens is 412 g/mol. The van der Waals surface area contributed by atoms with Gasteiger partial charge in [0.2, 0.25) is 10.0 Å². The van der Waals surface area contributed by atoms with Gasteiger partial charge in [0, 0.05) is 58.5 Å². The summed E-state index contributed by atoms with van der Waals surface area (Å²) in [4.78, 5) is 6.97. The van der Waals surface area contributed by atoms with Crippen LogP contribution < -0.4 is 14.4 Å². The lowest BCUT2D eigenvalue weighted by Gasteiger charge is -2.38. The van der Waals surface area contributed by atoms with Crippen molar-refractivity contribution in [2.24, 2.45) is 0 Å². The van der Waals surface area contributed by atoms with Crippen molar-refractivity contribution in [1.29, 1.82) is 0 Å². The van der Waals surface area contributed by atoms with Crippen LogP contribution >= 0.6 is 0 Å². The van der Waals surface area contributed by atoms with Gasteiger partial charge in [-0.1, -0.05) is 12.1 Å². The summed E-state index contributed by atoms with van der Waals surface area (Å²) in [5, 5.41) is 0. The van der Waals surface area contributed by atoms with Gasteiger partial charge in [-0.05, 0) is 55.9 Å². The van der Waals surface area contributed by atoms with E-state index in [-0.39, 0.29) is 10.9 Å². The largest absolute Gasteiger partial charge is 0.494 e. The molecule has 0 saturated carbocycles. The van der Waals surface area contributed by atoms with Gasteiger partial charge in [-0.15, -0.1) is 0 Å². The molecule has 1 aliphatic heterocycles. The molecule has 1 saturated heterocycles. The van der Waals surface area contributed by atoms with E-state index < -0.39 is 10.0 Å². The lowest BCUT2D eigenvalue weighted by atomic mass is 10.0. The fourth-order valence-corrected chi connectivity index (χ4v) is 4.78. The van der Waals surface area contributed by atoms with Crippen molar-refractivity contribution in [2.45, 2.75) is 17.9 Å². The number of hydrogen-bond donors (Lipinski definition) is 1. The second-order valence-electron chi connectivity index (χ2n) is 8.10. The van der Waals surface area contributed by atoms with Crippen molar-refractivity contribution in [3.05, 3.63) is 54.1 Å². The number of ether oxygens (including phenoxy) is 1. The van der Waals surface area contributed by atoms with Crippen molar-refractivity contribution >= 4 is 15.7 Å². The van der Waals surface area contributed by atoms with Crippen LogP contribution in [0, 0.1) is 0 Å². The standard InChI is InChI=1S/C23H34N4O3S/c1-5-30-21-10-12-22(13-11-21)31(28,29)24-18-23(27-16-14-26(4)15-17-27)19-6-8-20(9-7-19)25(2)3/h6-13,23-24H,5,14-18H2,1-4H3/t23-/m1/s1. The van der Waals surface area contributed by atoms with Crippen LogP contribution in [-0.4, -0.2) is 78.7 Å². The van der Waals surface area contributed by atoms with Crippen LogP contribution in [0.1, 0.15) is 18.5 Å². The Balaban J connectivity index is 1.77. The van der Waals surface area contributed by atoms with E-state index in [1.54, 1.807) is 24.3 Å². The molecule has 0 amide bonds. The maximum Gasteiger partial charge on any atom is 0.240 e. The fraction of sp³-hybridized carbons (Fsp3) is 0.478. The highest BCUT2D eigenvalue weighted by Gasteiger charge is 2.26. The molecule has 0 bridgehead atoms. The highest BCUT2D eigenvalue weighted by Crippen LogP contribution is 2.25. The predicted octanol–water partition coefficient (Wildman–Crippen LogP) is 2.42. The van der Waals surface area contributed by atoms with E-state index in [2.05, 4.69) is 50.7 Å². The van der Waals surface area contributed by atoms with Gasteiger partial charge in [-0.25, -0.2) is 13.1 Å². The van der Waals surface area contributed by atoms with Crippen LogP contribution in [-0.2, 0) is 10.0 Å². The fourth-order valence-electron chi connectivity index (χ4n) is 3.74. The van der Waals surface area contributed by atoms with Gasteiger partial charge in [0.15, 0.2) is 0 Å². The third-order valence-corrected chi connectivity index (χ3v) is 7.12. The summed E-state index contributed by atoms with van der Waals surface area (Å²) >= 11 is 0. The minimum atomic E-state index is -3.62. The molecule has 1 aliphatic rings. The molecule has 8 heteroatoms. The van der Waals surface area contributed by atoms with Gasteiger partial charge < -0.3 is 14.5 Å². The smallest absolute Gasteiger partial charge is 0.240 e. The molecule has 0 aromatic heterocycles. The van der Waals surface area contributed by atoms with Crippen LogP contribution in [0.5, 0.6) is 5.75 Å². The average Bonchev–Trinajstić information content (AvgIpc) is 2.76. The van der Waals surface area contributed by atoms with Crippen molar-refractivity contribution in [2.75, 3.05) is 65.4 Å². The van der Waals surface area contributed by atoms with E-state index in [9.17, 15) is 8.42 Å². The minimum absolute atomic E-state index is 0.0256. The maximum atomic E-state index is 12.9. The Bertz CT molecular complexity index is 922. The summed E-state index contributed by atoms with van der Waals surface area (Å²) in [7, 11) is 2.52. The van der Waals surface area contributed by atoms with Crippen LogP contribution in [0.3, 0.4) is 0 Å². The first-order valence-corrected chi connectivity index (χ1v) is 12.2. The molecule has 170 valence electrons. The summed E-state index contributed by atoms with van der Waals surface area (Å²) in [5.74, 6) is 0.665. The van der Waals surface area contributed by atoms with Crippen molar-refractivity contribution in [3.63, 3.8) is 0 Å². The highest BCUT2D eigenvalue weighted by atomic mass is 32.2. The van der Waals surface area contributed by atoms with Crippen molar-refractivity contribution < 1.29 is 13.2 Å². The molecule has 0 unspecified atom stereocenters. The summed E-state index contributed by atoms with van der Waals surface area (Å²) < 4.78 is 34.1. The zero-order valence-corrected chi connectivity index (χ0v) is 19.7. The van der Waals surface area contributed by atoms with Crippen molar-refractivity contribution in [1.82, 2.24) is 14.5 Å². The van der Waals surface area contributed by atoms with Gasteiger partial charge in [0.1, 0.15) is 5.75 Å². The molecule has 0 spiro atoms. The number of anilines is 1.